The predicted molar refractivity (Wildman–Crippen MR) is 116 cm³/mol. The van der Waals surface area contributed by atoms with E-state index in [1.165, 1.54) is 9.58 Å². The van der Waals surface area contributed by atoms with Gasteiger partial charge in [0, 0.05) is 20.1 Å². The Labute approximate surface area is 186 Å². The second kappa shape index (κ2) is 9.96. The van der Waals surface area contributed by atoms with Gasteiger partial charge in [0.25, 0.3) is 5.91 Å². The highest BCUT2D eigenvalue weighted by atomic mass is 35.5. The van der Waals surface area contributed by atoms with Crippen LogP contribution in [-0.2, 0) is 14.3 Å². The number of nitrogens with zero attached hydrogens (tertiary/aromatic N) is 4. The number of likely N-dealkylation sites (tertiary alicyclic amines) is 1. The maximum Gasteiger partial charge on any atom is 0.309 e. The Kier molecular flexibility index (Phi) is 7.33. The number of carbonyl (C=O) groups excluding carboxylic acids is 3. The van der Waals surface area contributed by atoms with Crippen molar-refractivity contribution >= 4 is 29.4 Å². The first-order chi connectivity index (χ1) is 14.8. The monoisotopic (exact) mass is 446 g/mol. The molecule has 0 unspecified atom stereocenters. The number of benzene rings is 1. The van der Waals surface area contributed by atoms with Gasteiger partial charge in [0.2, 0.25) is 5.91 Å². The number of hydrogen-bond donors (Lipinski definition) is 0. The van der Waals surface area contributed by atoms with Gasteiger partial charge in [-0.15, -0.1) is 0 Å². The highest BCUT2D eigenvalue weighted by molar-refractivity contribution is 6.33. The number of amides is 2. The van der Waals surface area contributed by atoms with E-state index in [2.05, 4.69) is 5.10 Å². The number of ether oxygens (including phenoxy) is 1. The van der Waals surface area contributed by atoms with Crippen LogP contribution in [0.2, 0.25) is 5.15 Å². The Balaban J connectivity index is 1.63. The van der Waals surface area contributed by atoms with Crippen LogP contribution in [0.4, 0.5) is 0 Å². The van der Waals surface area contributed by atoms with Gasteiger partial charge in [0.05, 0.1) is 36.0 Å². The van der Waals surface area contributed by atoms with Crippen molar-refractivity contribution in [3.8, 4) is 5.69 Å². The van der Waals surface area contributed by atoms with Gasteiger partial charge in [0.1, 0.15) is 5.15 Å². The molecule has 2 heterocycles. The number of aryl methyl sites for hydroxylation is 1. The average Bonchev–Trinajstić information content (AvgIpc) is 3.07. The van der Waals surface area contributed by atoms with Crippen LogP contribution in [0.25, 0.3) is 5.69 Å². The molecule has 0 bridgehead atoms. The third kappa shape index (κ3) is 5.07. The van der Waals surface area contributed by atoms with Gasteiger partial charge >= 0.3 is 5.97 Å². The molecule has 0 spiro atoms. The summed E-state index contributed by atoms with van der Waals surface area (Å²) in [5, 5.41) is 4.60. The predicted octanol–water partition coefficient (Wildman–Crippen LogP) is 2.71. The molecule has 1 aliphatic rings. The van der Waals surface area contributed by atoms with E-state index in [9.17, 15) is 14.4 Å². The fraction of sp³-hybridized carbons (Fsp3) is 0.455. The smallest absolute Gasteiger partial charge is 0.309 e. The number of likely N-dealkylation sites (N-methyl/N-ethyl adjacent to an activating group) is 1. The number of esters is 1. The lowest BCUT2D eigenvalue weighted by Gasteiger charge is -2.32. The molecule has 3 rings (SSSR count). The van der Waals surface area contributed by atoms with Crippen LogP contribution in [0.3, 0.4) is 0 Å². The van der Waals surface area contributed by atoms with Crippen LogP contribution in [0.5, 0.6) is 0 Å². The molecule has 166 valence electrons. The Morgan fingerprint density at radius 2 is 1.84 bits per heavy atom. The number of hydrogen-bond acceptors (Lipinski definition) is 5. The topological polar surface area (TPSA) is 84.7 Å². The summed E-state index contributed by atoms with van der Waals surface area (Å²) in [5.74, 6) is -0.905. The summed E-state index contributed by atoms with van der Waals surface area (Å²) >= 11 is 6.47. The van der Waals surface area contributed by atoms with Crippen molar-refractivity contribution in [2.45, 2.75) is 26.7 Å². The molecule has 2 aromatic rings. The van der Waals surface area contributed by atoms with Crippen molar-refractivity contribution in [1.82, 2.24) is 19.6 Å². The van der Waals surface area contributed by atoms with Crippen molar-refractivity contribution in [1.29, 1.82) is 0 Å². The summed E-state index contributed by atoms with van der Waals surface area (Å²) in [6.45, 7) is 4.71. The van der Waals surface area contributed by atoms with Crippen molar-refractivity contribution in [2.24, 2.45) is 5.92 Å². The number of para-hydroxylation sites is 1. The lowest BCUT2D eigenvalue weighted by Crippen LogP contribution is -2.45. The van der Waals surface area contributed by atoms with Crippen LogP contribution in [0.1, 0.15) is 35.8 Å². The second-order valence-corrected chi connectivity index (χ2v) is 7.92. The van der Waals surface area contributed by atoms with Crippen LogP contribution in [-0.4, -0.2) is 70.7 Å². The van der Waals surface area contributed by atoms with Gasteiger partial charge in [-0.1, -0.05) is 29.8 Å². The van der Waals surface area contributed by atoms with Crippen LogP contribution < -0.4 is 0 Å². The number of carbonyl (C=O) groups is 3. The van der Waals surface area contributed by atoms with Gasteiger partial charge in [-0.25, -0.2) is 4.68 Å². The standard InChI is InChI=1S/C22H27ClN4O4/c1-4-31-22(30)16-10-12-26(13-11-16)18(28)14-25(3)21(29)19-15(2)24-27(20(19)23)17-8-6-5-7-9-17/h5-9,16H,4,10-14H2,1-3H3. The molecule has 0 radical (unpaired) electrons. The molecule has 2 amide bonds. The number of aromatic nitrogens is 2. The van der Waals surface area contributed by atoms with Gasteiger partial charge < -0.3 is 14.5 Å². The zero-order valence-electron chi connectivity index (χ0n) is 18.0. The van der Waals surface area contributed by atoms with E-state index in [1.54, 1.807) is 25.8 Å². The molecular weight excluding hydrogens is 420 g/mol. The van der Waals surface area contributed by atoms with E-state index < -0.39 is 0 Å². The third-order valence-corrected chi connectivity index (χ3v) is 5.75. The second-order valence-electron chi connectivity index (χ2n) is 7.57. The number of piperidine rings is 1. The van der Waals surface area contributed by atoms with Crippen LogP contribution in [0.15, 0.2) is 30.3 Å². The minimum atomic E-state index is -0.362. The van der Waals surface area contributed by atoms with Crippen molar-refractivity contribution in [2.75, 3.05) is 33.3 Å². The zero-order valence-corrected chi connectivity index (χ0v) is 18.8. The molecule has 0 saturated carbocycles. The van der Waals surface area contributed by atoms with Crippen LogP contribution >= 0.6 is 11.6 Å². The molecule has 9 heteroatoms. The first-order valence-corrected chi connectivity index (χ1v) is 10.7. The van der Waals surface area contributed by atoms with Crippen molar-refractivity contribution < 1.29 is 19.1 Å². The average molecular weight is 447 g/mol. The summed E-state index contributed by atoms with van der Waals surface area (Å²) in [4.78, 5) is 40.6. The molecule has 1 aromatic heterocycles. The molecular formula is C22H27ClN4O4. The first-order valence-electron chi connectivity index (χ1n) is 10.3. The maximum atomic E-state index is 13.0. The quantitative estimate of drug-likeness (QED) is 0.637. The Morgan fingerprint density at radius 1 is 1.19 bits per heavy atom. The molecule has 1 aliphatic heterocycles. The number of halogens is 1. The fourth-order valence-corrected chi connectivity index (χ4v) is 4.03. The molecule has 8 nitrogen and oxygen atoms in total. The van der Waals surface area contributed by atoms with Crippen LogP contribution in [0, 0.1) is 12.8 Å². The SMILES string of the molecule is CCOC(=O)C1CCN(C(=O)CN(C)C(=O)c2c(C)nn(-c3ccccc3)c2Cl)CC1. The summed E-state index contributed by atoms with van der Waals surface area (Å²) in [5.41, 5.74) is 1.52. The lowest BCUT2D eigenvalue weighted by molar-refractivity contribution is -0.151. The normalized spacial score (nSPS) is 14.4. The molecule has 1 saturated heterocycles. The minimum absolute atomic E-state index is 0.0742. The van der Waals surface area contributed by atoms with Crippen molar-refractivity contribution in [3.63, 3.8) is 0 Å². The summed E-state index contributed by atoms with van der Waals surface area (Å²) in [6, 6.07) is 9.30. The van der Waals surface area contributed by atoms with E-state index in [-0.39, 0.29) is 41.0 Å². The Bertz CT molecular complexity index is 952. The summed E-state index contributed by atoms with van der Waals surface area (Å²) in [6.07, 6.45) is 1.13. The highest BCUT2D eigenvalue weighted by Crippen LogP contribution is 2.25. The van der Waals surface area contributed by atoms with E-state index in [4.69, 9.17) is 16.3 Å². The molecule has 1 aromatic carbocycles. The van der Waals surface area contributed by atoms with E-state index in [0.29, 0.717) is 38.2 Å². The largest absolute Gasteiger partial charge is 0.466 e. The summed E-state index contributed by atoms with van der Waals surface area (Å²) < 4.78 is 6.58. The number of rotatable bonds is 6. The Hall–Kier alpha value is -2.87. The lowest BCUT2D eigenvalue weighted by atomic mass is 9.97. The van der Waals surface area contributed by atoms with Gasteiger partial charge in [0.15, 0.2) is 0 Å². The molecule has 31 heavy (non-hydrogen) atoms. The van der Waals surface area contributed by atoms with E-state index >= 15 is 0 Å². The minimum Gasteiger partial charge on any atom is -0.466 e. The van der Waals surface area contributed by atoms with Gasteiger partial charge in [-0.05, 0) is 38.8 Å². The van der Waals surface area contributed by atoms with Crippen molar-refractivity contribution in [3.05, 3.63) is 46.7 Å². The van der Waals surface area contributed by atoms with E-state index in [1.807, 2.05) is 30.3 Å². The van der Waals surface area contributed by atoms with Gasteiger partial charge in [-0.3, -0.25) is 14.4 Å². The van der Waals surface area contributed by atoms with Gasteiger partial charge in [-0.2, -0.15) is 5.10 Å². The summed E-state index contributed by atoms with van der Waals surface area (Å²) in [7, 11) is 1.57. The highest BCUT2D eigenvalue weighted by Gasteiger charge is 2.30. The zero-order chi connectivity index (χ0) is 22.5. The molecule has 0 aliphatic carbocycles. The molecule has 1 fully saturated rings. The first kappa shape index (κ1) is 22.8. The molecule has 0 N–H and O–H groups in total. The Morgan fingerprint density at radius 3 is 2.45 bits per heavy atom. The molecule has 0 atom stereocenters. The van der Waals surface area contributed by atoms with E-state index in [0.717, 1.165) is 5.69 Å². The maximum absolute atomic E-state index is 13.0. The fourth-order valence-electron chi connectivity index (χ4n) is 3.67. The third-order valence-electron chi connectivity index (χ3n) is 5.41.